The lowest BCUT2D eigenvalue weighted by Gasteiger charge is -2.30. The molecule has 1 atom stereocenters. The third kappa shape index (κ3) is 6.90. The molecule has 0 amide bonds. The largest absolute Gasteiger partial charge is 0.395 e. The molecule has 0 spiro atoms. The van der Waals surface area contributed by atoms with Crippen LogP contribution in [0.25, 0.3) is 6.08 Å². The number of ether oxygens (including phenoxy) is 1. The average Bonchev–Trinajstić information content (AvgIpc) is 3.12. The van der Waals surface area contributed by atoms with Crippen molar-refractivity contribution in [2.45, 2.75) is 52.2 Å². The summed E-state index contributed by atoms with van der Waals surface area (Å²) in [5.41, 5.74) is 5.00. The average molecular weight is 509 g/mol. The van der Waals surface area contributed by atoms with E-state index < -0.39 is 17.6 Å². The van der Waals surface area contributed by atoms with E-state index in [9.17, 15) is 15.8 Å². The summed E-state index contributed by atoms with van der Waals surface area (Å²) in [6.07, 6.45) is 13.4. The van der Waals surface area contributed by atoms with Gasteiger partial charge in [-0.2, -0.15) is 15.8 Å². The Bertz CT molecular complexity index is 1290. The van der Waals surface area contributed by atoms with Crippen molar-refractivity contribution in [3.8, 4) is 18.2 Å². The van der Waals surface area contributed by atoms with Crippen molar-refractivity contribution in [3.05, 3.63) is 82.5 Å². The number of benzene rings is 1. The second-order valence-corrected chi connectivity index (χ2v) is 11.1. The van der Waals surface area contributed by atoms with Gasteiger partial charge in [0.2, 0.25) is 0 Å². The molecule has 2 aliphatic rings. The van der Waals surface area contributed by atoms with Gasteiger partial charge >= 0.3 is 0 Å². The Hall–Kier alpha value is -3.89. The topological polar surface area (TPSA) is 104 Å². The molecule has 1 aliphatic heterocycles. The minimum atomic E-state index is -1.03. The molecule has 6 nitrogen and oxygen atoms in total. The SMILES string of the molecule is CN(CCO)c1ccc(/C=C/C2=CC(=C/C=C/C3=C(C#N)[C@H](C(C#N)C#N)OC3(C)C)/CC(C)(C)C2)cc1. The molecule has 0 unspecified atom stereocenters. The predicted molar refractivity (Wildman–Crippen MR) is 150 cm³/mol. The van der Waals surface area contributed by atoms with E-state index >= 15 is 0 Å². The van der Waals surface area contributed by atoms with Crippen LogP contribution >= 0.6 is 0 Å². The van der Waals surface area contributed by atoms with Gasteiger partial charge in [-0.05, 0) is 66.5 Å². The Balaban J connectivity index is 1.83. The van der Waals surface area contributed by atoms with Gasteiger partial charge in [0, 0.05) is 19.3 Å². The highest BCUT2D eigenvalue weighted by atomic mass is 16.5. The lowest BCUT2D eigenvalue weighted by atomic mass is 9.75. The van der Waals surface area contributed by atoms with Crippen molar-refractivity contribution in [1.29, 1.82) is 15.8 Å². The third-order valence-electron chi connectivity index (χ3n) is 6.91. The van der Waals surface area contributed by atoms with Crippen LogP contribution in [-0.2, 0) is 4.74 Å². The number of anilines is 1. The smallest absolute Gasteiger partial charge is 0.164 e. The molecule has 0 saturated carbocycles. The van der Waals surface area contributed by atoms with Crippen LogP contribution in [0.2, 0.25) is 0 Å². The molecule has 1 aromatic carbocycles. The molecule has 1 N–H and O–H groups in total. The zero-order valence-corrected chi connectivity index (χ0v) is 22.9. The quantitative estimate of drug-likeness (QED) is 0.461. The summed E-state index contributed by atoms with van der Waals surface area (Å²) in [4.78, 5) is 2.02. The normalized spacial score (nSPS) is 21.5. The minimum absolute atomic E-state index is 0.107. The molecule has 1 aliphatic carbocycles. The number of aliphatic hydroxyl groups is 1. The molecule has 0 bridgehead atoms. The number of rotatable bonds is 8. The molecule has 3 rings (SSSR count). The van der Waals surface area contributed by atoms with Crippen LogP contribution in [-0.4, -0.2) is 37.0 Å². The van der Waals surface area contributed by atoms with Crippen molar-refractivity contribution in [2.75, 3.05) is 25.1 Å². The van der Waals surface area contributed by atoms with Gasteiger partial charge in [0.25, 0.3) is 0 Å². The van der Waals surface area contributed by atoms with Crippen LogP contribution in [0.5, 0.6) is 0 Å². The van der Waals surface area contributed by atoms with E-state index in [4.69, 9.17) is 9.84 Å². The van der Waals surface area contributed by atoms with E-state index in [0.29, 0.717) is 17.7 Å². The van der Waals surface area contributed by atoms with Crippen molar-refractivity contribution in [1.82, 2.24) is 0 Å². The molecular formula is C32H36N4O2. The third-order valence-corrected chi connectivity index (χ3v) is 6.91. The molecular weight excluding hydrogens is 472 g/mol. The van der Waals surface area contributed by atoms with E-state index in [1.165, 1.54) is 11.1 Å². The van der Waals surface area contributed by atoms with Gasteiger partial charge in [0.1, 0.15) is 6.10 Å². The number of likely N-dealkylation sites (N-methyl/N-ethyl adjacent to an activating group) is 1. The van der Waals surface area contributed by atoms with Gasteiger partial charge in [-0.15, -0.1) is 0 Å². The van der Waals surface area contributed by atoms with Crippen molar-refractivity contribution in [2.24, 2.45) is 11.3 Å². The molecule has 1 heterocycles. The second-order valence-electron chi connectivity index (χ2n) is 11.1. The maximum absolute atomic E-state index is 9.76. The first-order chi connectivity index (χ1) is 18.0. The Morgan fingerprint density at radius 1 is 1.05 bits per heavy atom. The van der Waals surface area contributed by atoms with Crippen LogP contribution < -0.4 is 4.90 Å². The van der Waals surface area contributed by atoms with Crippen LogP contribution in [0.3, 0.4) is 0 Å². The van der Waals surface area contributed by atoms with E-state index in [1.54, 1.807) is 0 Å². The summed E-state index contributed by atoms with van der Waals surface area (Å²) in [7, 11) is 1.96. The van der Waals surface area contributed by atoms with Gasteiger partial charge < -0.3 is 14.7 Å². The van der Waals surface area contributed by atoms with Crippen molar-refractivity contribution in [3.63, 3.8) is 0 Å². The summed E-state index contributed by atoms with van der Waals surface area (Å²) in [6, 6.07) is 14.3. The molecule has 196 valence electrons. The van der Waals surface area contributed by atoms with Gasteiger partial charge in [-0.1, -0.05) is 62.4 Å². The van der Waals surface area contributed by atoms with Crippen LogP contribution in [0, 0.1) is 45.3 Å². The summed E-state index contributed by atoms with van der Waals surface area (Å²) in [5, 5.41) is 37.5. The Morgan fingerprint density at radius 2 is 1.74 bits per heavy atom. The fraction of sp³-hybridized carbons (Fsp3) is 0.406. The van der Waals surface area contributed by atoms with E-state index in [1.807, 2.05) is 50.1 Å². The molecule has 0 aromatic heterocycles. The van der Waals surface area contributed by atoms with Crippen LogP contribution in [0.15, 0.2) is 76.9 Å². The fourth-order valence-corrected chi connectivity index (χ4v) is 5.04. The lowest BCUT2D eigenvalue weighted by molar-refractivity contribution is -0.0123. The number of nitriles is 3. The molecule has 1 aromatic rings. The minimum Gasteiger partial charge on any atom is -0.395 e. The first-order valence-electron chi connectivity index (χ1n) is 12.8. The van der Waals surface area contributed by atoms with Gasteiger partial charge in [-0.25, -0.2) is 0 Å². The molecule has 0 saturated heterocycles. The maximum Gasteiger partial charge on any atom is 0.164 e. The maximum atomic E-state index is 9.76. The van der Waals surface area contributed by atoms with E-state index in [0.717, 1.165) is 24.1 Å². The van der Waals surface area contributed by atoms with Gasteiger partial charge in [0.05, 0.1) is 36.0 Å². The number of nitrogens with zero attached hydrogens (tertiary/aromatic N) is 4. The van der Waals surface area contributed by atoms with Crippen LogP contribution in [0.1, 0.15) is 46.1 Å². The standard InChI is InChI=1S/C32H36N4O2/c1-31(2)18-24(7-6-8-29-28(22-35)30(26(20-33)21-34)38-32(29,3)4)17-25(19-31)10-9-23-11-13-27(14-12-23)36(5)15-16-37/h6-14,17,26,30,37H,15-16,18-19H2,1-5H3/b8-6+,10-9+,24-7-/t30-/m0/s1. The van der Waals surface area contributed by atoms with Crippen molar-refractivity contribution < 1.29 is 9.84 Å². The molecule has 38 heavy (non-hydrogen) atoms. The zero-order chi connectivity index (χ0) is 27.9. The van der Waals surface area contributed by atoms with Crippen molar-refractivity contribution >= 4 is 11.8 Å². The van der Waals surface area contributed by atoms with E-state index in [-0.39, 0.29) is 12.0 Å². The van der Waals surface area contributed by atoms with Gasteiger partial charge in [-0.3, -0.25) is 0 Å². The number of hydrogen-bond acceptors (Lipinski definition) is 6. The summed E-state index contributed by atoms with van der Waals surface area (Å²) < 4.78 is 5.96. The predicted octanol–water partition coefficient (Wildman–Crippen LogP) is 6.02. The zero-order valence-electron chi connectivity index (χ0n) is 22.9. The second kappa shape index (κ2) is 12.1. The van der Waals surface area contributed by atoms with Gasteiger partial charge in [0.15, 0.2) is 5.92 Å². The Labute approximate surface area is 226 Å². The highest BCUT2D eigenvalue weighted by Gasteiger charge is 2.43. The first-order valence-corrected chi connectivity index (χ1v) is 12.8. The highest BCUT2D eigenvalue weighted by Crippen LogP contribution is 2.40. The fourth-order valence-electron chi connectivity index (χ4n) is 5.04. The summed E-state index contributed by atoms with van der Waals surface area (Å²) >= 11 is 0. The Kier molecular flexibility index (Phi) is 9.13. The number of allylic oxidation sites excluding steroid dienone is 6. The molecule has 0 fully saturated rings. The first kappa shape index (κ1) is 28.7. The number of aliphatic hydroxyl groups excluding tert-OH is 1. The van der Waals surface area contributed by atoms with E-state index in [2.05, 4.69) is 68.5 Å². The monoisotopic (exact) mass is 508 g/mol. The Morgan fingerprint density at radius 3 is 2.34 bits per heavy atom. The molecule has 6 heteroatoms. The molecule has 0 radical (unpaired) electrons. The van der Waals surface area contributed by atoms with Crippen LogP contribution in [0.4, 0.5) is 5.69 Å². The lowest BCUT2D eigenvalue weighted by Crippen LogP contribution is -2.27. The number of hydrogen-bond donors (Lipinski definition) is 1. The highest BCUT2D eigenvalue weighted by molar-refractivity contribution is 5.58. The summed E-state index contributed by atoms with van der Waals surface area (Å²) in [6.45, 7) is 8.95. The summed E-state index contributed by atoms with van der Waals surface area (Å²) in [5.74, 6) is -1.03.